The molecule has 10 nitrogen and oxygen atoms in total. The first-order chi connectivity index (χ1) is 21.4. The molecule has 0 saturated heterocycles. The molecule has 2 heterocycles. The number of phenols is 6. The van der Waals surface area contributed by atoms with E-state index in [1.54, 1.807) is 20.8 Å². The lowest BCUT2D eigenvalue weighted by atomic mass is 9.62. The van der Waals surface area contributed by atoms with Crippen LogP contribution in [-0.4, -0.2) is 40.7 Å². The van der Waals surface area contributed by atoms with Crippen LogP contribution in [0, 0.1) is 6.85 Å². The third kappa shape index (κ3) is 3.63. The number of fused-ring (bicyclic) bond motifs is 6. The Hall–Kier alpha value is -4.73. The van der Waals surface area contributed by atoms with E-state index in [1.807, 2.05) is 27.7 Å². The molecule has 8 N–H and O–H groups in total. The van der Waals surface area contributed by atoms with Gasteiger partial charge in [0.05, 0.1) is 11.1 Å². The highest BCUT2D eigenvalue weighted by Crippen LogP contribution is 2.58. The Morgan fingerprint density at radius 3 is 1.93 bits per heavy atom. The molecular formula is C34H37NO9. The molecule has 0 aliphatic heterocycles. The minimum Gasteiger partial charge on any atom is -0.507 e. The minimum absolute atomic E-state index is 0.0207. The van der Waals surface area contributed by atoms with Gasteiger partial charge in [0.15, 0.2) is 22.8 Å². The highest BCUT2D eigenvalue weighted by molar-refractivity contribution is 6.16. The van der Waals surface area contributed by atoms with E-state index in [4.69, 9.17) is 8.53 Å². The maximum absolute atomic E-state index is 13.4. The Kier molecular flexibility index (Phi) is 5.08. The fourth-order valence-electron chi connectivity index (χ4n) is 6.93. The van der Waals surface area contributed by atoms with Crippen LogP contribution in [0.3, 0.4) is 0 Å². The van der Waals surface area contributed by atoms with E-state index in [2.05, 4.69) is 4.98 Å². The van der Waals surface area contributed by atoms with Gasteiger partial charge in [0.1, 0.15) is 17.1 Å². The van der Waals surface area contributed by atoms with Gasteiger partial charge in [0.2, 0.25) is 11.5 Å². The Balaban J connectivity index is 1.92. The number of hydrogen-bond donors (Lipinski definition) is 8. The van der Waals surface area contributed by atoms with E-state index in [0.717, 1.165) is 6.07 Å². The van der Waals surface area contributed by atoms with Gasteiger partial charge in [-0.2, -0.15) is 0 Å². The molecule has 1 aliphatic carbocycles. The van der Waals surface area contributed by atoms with Gasteiger partial charge in [0, 0.05) is 48.1 Å². The molecule has 0 bridgehead atoms. The Bertz CT molecular complexity index is 2270. The van der Waals surface area contributed by atoms with Crippen LogP contribution in [0.5, 0.6) is 40.2 Å². The number of nitrogens with one attached hydrogen (secondary N) is 1. The summed E-state index contributed by atoms with van der Waals surface area (Å²) in [4.78, 5) is 15.9. The molecule has 0 unspecified atom stereocenters. The molecule has 0 saturated carbocycles. The molecule has 10 heteroatoms. The van der Waals surface area contributed by atoms with Crippen molar-refractivity contribution in [3.05, 3.63) is 38.7 Å². The van der Waals surface area contributed by atoms with Crippen LogP contribution in [-0.2, 0) is 16.2 Å². The number of aromatic amines is 1. The molecule has 0 amide bonds. The summed E-state index contributed by atoms with van der Waals surface area (Å²) in [5.41, 5.74) is -3.50. The number of pyridine rings is 1. The number of furan rings is 1. The molecule has 232 valence electrons. The smallest absolute Gasteiger partial charge is 0.291 e. The van der Waals surface area contributed by atoms with Crippen molar-refractivity contribution in [3.8, 4) is 51.5 Å². The number of H-pyrrole nitrogens is 1. The first-order valence-electron chi connectivity index (χ1n) is 15.7. The second-order valence-corrected chi connectivity index (χ2v) is 14.1. The van der Waals surface area contributed by atoms with Gasteiger partial charge in [-0.05, 0) is 42.0 Å². The fraction of sp³-hybridized carbons (Fsp3) is 0.382. The number of aryl methyl sites for hydroxylation is 1. The van der Waals surface area contributed by atoms with Crippen LogP contribution in [0.4, 0.5) is 0 Å². The van der Waals surface area contributed by atoms with Crippen molar-refractivity contribution in [1.29, 1.82) is 0 Å². The first kappa shape index (κ1) is 25.7. The van der Waals surface area contributed by atoms with Crippen LogP contribution < -0.4 is 5.56 Å². The Morgan fingerprint density at radius 2 is 1.34 bits per heavy atom. The maximum Gasteiger partial charge on any atom is 0.291 e. The summed E-state index contributed by atoms with van der Waals surface area (Å²) >= 11 is 0. The zero-order chi connectivity index (χ0) is 35.1. The molecule has 0 radical (unpaired) electrons. The van der Waals surface area contributed by atoms with Crippen molar-refractivity contribution in [2.75, 3.05) is 0 Å². The number of phenolic OH excluding ortho intramolecular Hbond substituents is 6. The van der Waals surface area contributed by atoms with Gasteiger partial charge in [-0.1, -0.05) is 48.5 Å². The molecule has 1 aliphatic rings. The van der Waals surface area contributed by atoms with Crippen molar-refractivity contribution in [2.45, 2.75) is 84.4 Å². The van der Waals surface area contributed by atoms with Crippen LogP contribution in [0.25, 0.3) is 44.0 Å². The van der Waals surface area contributed by atoms with Gasteiger partial charge in [-0.25, -0.2) is 0 Å². The lowest BCUT2D eigenvalue weighted by molar-refractivity contribution is 0.317. The average Bonchev–Trinajstić information content (AvgIpc) is 3.32. The minimum atomic E-state index is -2.92. The van der Waals surface area contributed by atoms with Gasteiger partial charge in [0.25, 0.3) is 5.56 Å². The maximum atomic E-state index is 13.4. The topological polar surface area (TPSA) is 188 Å². The number of hydrogen-bond acceptors (Lipinski definition) is 9. The van der Waals surface area contributed by atoms with Crippen LogP contribution in [0.15, 0.2) is 15.3 Å². The second kappa shape index (κ2) is 8.68. The van der Waals surface area contributed by atoms with Crippen LogP contribution >= 0.6 is 0 Å². The molecule has 2 aromatic heterocycles. The van der Waals surface area contributed by atoms with Crippen molar-refractivity contribution >= 4 is 32.7 Å². The van der Waals surface area contributed by atoms with Crippen LogP contribution in [0.2, 0.25) is 0 Å². The molecule has 0 fully saturated rings. The van der Waals surface area contributed by atoms with Gasteiger partial charge in [-0.15, -0.1) is 0 Å². The summed E-state index contributed by atoms with van der Waals surface area (Å²) in [7, 11) is 0. The summed E-state index contributed by atoms with van der Waals surface area (Å²) in [6, 6.07) is 1.16. The zero-order valence-corrected chi connectivity index (χ0v) is 25.4. The fourth-order valence-corrected chi connectivity index (χ4v) is 6.93. The predicted octanol–water partition coefficient (Wildman–Crippen LogP) is 6.99. The van der Waals surface area contributed by atoms with Crippen LogP contribution in [0.1, 0.15) is 87.7 Å². The normalized spacial score (nSPS) is 17.5. The molecule has 0 atom stereocenters. The zero-order valence-electron chi connectivity index (χ0n) is 28.4. The summed E-state index contributed by atoms with van der Waals surface area (Å²) in [5.74, 6) is -5.50. The van der Waals surface area contributed by atoms with E-state index in [0.29, 0.717) is 24.0 Å². The number of aromatic nitrogens is 1. The summed E-state index contributed by atoms with van der Waals surface area (Å²) in [5, 5.41) is 76.5. The Labute approximate surface area is 256 Å². The monoisotopic (exact) mass is 606 g/mol. The van der Waals surface area contributed by atoms with Crippen molar-refractivity contribution in [2.24, 2.45) is 0 Å². The Morgan fingerprint density at radius 1 is 0.750 bits per heavy atom. The number of rotatable bonds is 1. The summed E-state index contributed by atoms with van der Waals surface area (Å²) in [6.45, 7) is 9.76. The summed E-state index contributed by atoms with van der Waals surface area (Å²) in [6.07, 6.45) is 1.27. The van der Waals surface area contributed by atoms with Gasteiger partial charge >= 0.3 is 0 Å². The predicted molar refractivity (Wildman–Crippen MR) is 168 cm³/mol. The third-order valence-corrected chi connectivity index (χ3v) is 9.24. The molecule has 0 spiro atoms. The molecule has 44 heavy (non-hydrogen) atoms. The van der Waals surface area contributed by atoms with E-state index >= 15 is 0 Å². The largest absolute Gasteiger partial charge is 0.507 e. The lowest BCUT2D eigenvalue weighted by Gasteiger charge is -2.42. The molecule has 3 aromatic carbocycles. The van der Waals surface area contributed by atoms with Crippen molar-refractivity contribution in [1.82, 2.24) is 4.98 Å². The molecule has 5 aromatic rings. The quantitative estimate of drug-likeness (QED) is 0.0735. The number of benzene rings is 3. The number of aromatic hydroxyl groups is 7. The van der Waals surface area contributed by atoms with E-state index in [-0.39, 0.29) is 49.5 Å². The highest BCUT2D eigenvalue weighted by atomic mass is 16.3. The molecule has 6 rings (SSSR count). The lowest BCUT2D eigenvalue weighted by Crippen LogP contribution is -2.34. The average molecular weight is 607 g/mol. The highest BCUT2D eigenvalue weighted by Gasteiger charge is 2.43. The summed E-state index contributed by atoms with van der Waals surface area (Å²) < 4.78 is 31.8. The van der Waals surface area contributed by atoms with Crippen molar-refractivity contribution < 1.29 is 44.3 Å². The molecular weight excluding hydrogens is 566 g/mol. The third-order valence-electron chi connectivity index (χ3n) is 9.24. The van der Waals surface area contributed by atoms with E-state index in [1.165, 1.54) is 0 Å². The second-order valence-electron chi connectivity index (χ2n) is 14.1. The first-order valence-corrected chi connectivity index (χ1v) is 14.2. The van der Waals surface area contributed by atoms with Gasteiger partial charge in [-0.3, -0.25) is 4.79 Å². The SMILES string of the molecule is [2H]C([2H])([2H])c1c(O)c2c(c3oc4c(-c5cc6c(O)c(O)c(O)c(O)c6c(C(C)(C)C)c5O)[nH]c(=O)c(O)c4c13)C(C)(C)CCC2(C)C. The van der Waals surface area contributed by atoms with Crippen molar-refractivity contribution in [3.63, 3.8) is 0 Å². The van der Waals surface area contributed by atoms with Gasteiger partial charge < -0.3 is 45.1 Å². The van der Waals surface area contributed by atoms with E-state index in [9.17, 15) is 40.5 Å². The van der Waals surface area contributed by atoms with E-state index < -0.39 is 74.5 Å². The standard InChI is InChI=1S/C34H37NO9/c1-12-15-17-26(40)31(43)35-21(30(17)44-29(15)20-19(22(12)36)33(5,6)9-10-34(20,7)8)14-11-13-16(18(23(14)37)32(2,3)4)25(39)28(42)27(41)24(13)38/h11,36-42H,9-10H2,1-8H3,(H,35,43)/i1D3.